The smallest absolute Gasteiger partial charge is 0.0537 e. The molecule has 5 nitrogen and oxygen atoms in total. The van der Waals surface area contributed by atoms with Crippen LogP contribution in [-0.4, -0.2) is 19.6 Å². The maximum Gasteiger partial charge on any atom is 0.0537 e. The third-order valence-electron chi connectivity index (χ3n) is 2.91. The third-order valence-corrected chi connectivity index (χ3v) is 2.91. The van der Waals surface area contributed by atoms with E-state index in [2.05, 4.69) is 17.1 Å². The van der Waals surface area contributed by atoms with E-state index in [4.69, 9.17) is 5.73 Å². The van der Waals surface area contributed by atoms with Gasteiger partial charge in [0.2, 0.25) is 0 Å². The van der Waals surface area contributed by atoms with Crippen LogP contribution in [0.2, 0.25) is 0 Å². The lowest BCUT2D eigenvalue weighted by molar-refractivity contribution is 0.611. The van der Waals surface area contributed by atoms with Crippen molar-refractivity contribution in [2.45, 2.75) is 32.4 Å². The maximum absolute atomic E-state index is 5.95. The summed E-state index contributed by atoms with van der Waals surface area (Å²) in [6.07, 6.45) is 9.69. The van der Waals surface area contributed by atoms with Crippen LogP contribution in [0.25, 0.3) is 0 Å². The highest BCUT2D eigenvalue weighted by molar-refractivity contribution is 5.10. The number of nitrogens with zero attached hydrogens (tertiary/aromatic N) is 4. The Morgan fingerprint density at radius 3 is 2.76 bits per heavy atom. The fourth-order valence-electron chi connectivity index (χ4n) is 1.77. The summed E-state index contributed by atoms with van der Waals surface area (Å²) in [5, 5.41) is 8.46. The summed E-state index contributed by atoms with van der Waals surface area (Å²) in [4.78, 5) is 0. The first-order valence-electron chi connectivity index (χ1n) is 5.94. The summed E-state index contributed by atoms with van der Waals surface area (Å²) in [6, 6.07) is 0.0992. The van der Waals surface area contributed by atoms with Gasteiger partial charge in [0, 0.05) is 37.6 Å². The molecule has 2 aromatic heterocycles. The van der Waals surface area contributed by atoms with Crippen LogP contribution in [0, 0.1) is 0 Å². The van der Waals surface area contributed by atoms with E-state index in [1.54, 1.807) is 0 Å². The van der Waals surface area contributed by atoms with E-state index >= 15 is 0 Å². The number of hydrogen-bond acceptors (Lipinski definition) is 3. The lowest BCUT2D eigenvalue weighted by Crippen LogP contribution is -2.07. The van der Waals surface area contributed by atoms with Crippen LogP contribution in [0.15, 0.2) is 24.8 Å². The molecule has 0 radical (unpaired) electrons. The van der Waals surface area contributed by atoms with Gasteiger partial charge in [0.1, 0.15) is 0 Å². The van der Waals surface area contributed by atoms with Crippen molar-refractivity contribution < 1.29 is 0 Å². The molecule has 17 heavy (non-hydrogen) atoms. The molecule has 0 aromatic carbocycles. The van der Waals surface area contributed by atoms with Gasteiger partial charge < -0.3 is 5.73 Å². The Labute approximate surface area is 101 Å². The van der Waals surface area contributed by atoms with E-state index in [1.165, 1.54) is 5.56 Å². The van der Waals surface area contributed by atoms with Crippen molar-refractivity contribution in [2.75, 3.05) is 0 Å². The molecule has 0 saturated carbocycles. The molecule has 0 amide bonds. The van der Waals surface area contributed by atoms with Crippen LogP contribution in [0.3, 0.4) is 0 Å². The van der Waals surface area contributed by atoms with Crippen molar-refractivity contribution in [3.8, 4) is 0 Å². The fourth-order valence-corrected chi connectivity index (χ4v) is 1.77. The summed E-state index contributed by atoms with van der Waals surface area (Å²) in [5.74, 6) is 0. The topological polar surface area (TPSA) is 61.7 Å². The molecular formula is C12H19N5. The molecule has 1 unspecified atom stereocenters. The Kier molecular flexibility index (Phi) is 3.58. The van der Waals surface area contributed by atoms with Gasteiger partial charge in [-0.05, 0) is 18.4 Å². The molecule has 2 heterocycles. The van der Waals surface area contributed by atoms with Gasteiger partial charge in [0.15, 0.2) is 0 Å². The zero-order valence-corrected chi connectivity index (χ0v) is 10.4. The molecule has 5 heteroatoms. The minimum absolute atomic E-state index is 0.0992. The molecule has 2 N–H and O–H groups in total. The number of aromatic nitrogens is 4. The highest BCUT2D eigenvalue weighted by Gasteiger charge is 2.06. The minimum Gasteiger partial charge on any atom is -0.324 e. The average Bonchev–Trinajstić information content (AvgIpc) is 2.94. The second kappa shape index (κ2) is 5.14. The second-order valence-electron chi connectivity index (χ2n) is 4.32. The van der Waals surface area contributed by atoms with Gasteiger partial charge in [0.25, 0.3) is 0 Å². The lowest BCUT2D eigenvalue weighted by atomic mass is 10.1. The Hall–Kier alpha value is -1.62. The predicted molar refractivity (Wildman–Crippen MR) is 66.4 cm³/mol. The number of nitrogens with two attached hydrogens (primary N) is 1. The van der Waals surface area contributed by atoms with E-state index in [1.807, 2.05) is 41.2 Å². The first-order valence-corrected chi connectivity index (χ1v) is 5.94. The van der Waals surface area contributed by atoms with E-state index in [9.17, 15) is 0 Å². The van der Waals surface area contributed by atoms with Crippen molar-refractivity contribution in [1.82, 2.24) is 19.6 Å². The number of hydrogen-bond donors (Lipinski definition) is 1. The molecule has 1 atom stereocenters. The van der Waals surface area contributed by atoms with Gasteiger partial charge in [-0.2, -0.15) is 10.2 Å². The van der Waals surface area contributed by atoms with Gasteiger partial charge in [-0.3, -0.25) is 9.36 Å². The van der Waals surface area contributed by atoms with Crippen molar-refractivity contribution in [2.24, 2.45) is 12.8 Å². The van der Waals surface area contributed by atoms with E-state index in [-0.39, 0.29) is 6.04 Å². The zero-order chi connectivity index (χ0) is 12.3. The molecule has 0 spiro atoms. The van der Waals surface area contributed by atoms with Crippen LogP contribution in [-0.2, 0) is 20.0 Å². The van der Waals surface area contributed by atoms with Crippen molar-refractivity contribution in [1.29, 1.82) is 0 Å². The summed E-state index contributed by atoms with van der Waals surface area (Å²) in [7, 11) is 1.93. The standard InChI is InChI=1S/C12H19N5/c1-3-12(13)11-7-15-17(9-11)5-4-10-6-14-16(2)8-10/h6-9,12H,3-5,13H2,1-2H3. The molecule has 0 bridgehead atoms. The van der Waals surface area contributed by atoms with Gasteiger partial charge in [0.05, 0.1) is 12.4 Å². The van der Waals surface area contributed by atoms with Gasteiger partial charge in [-0.25, -0.2) is 0 Å². The van der Waals surface area contributed by atoms with Gasteiger partial charge >= 0.3 is 0 Å². The van der Waals surface area contributed by atoms with Gasteiger partial charge in [-0.1, -0.05) is 6.92 Å². The number of rotatable bonds is 5. The van der Waals surface area contributed by atoms with E-state index in [0.717, 1.165) is 24.9 Å². The Morgan fingerprint density at radius 2 is 2.12 bits per heavy atom. The molecule has 0 aliphatic rings. The molecular weight excluding hydrogens is 214 g/mol. The number of aryl methyl sites for hydroxylation is 3. The second-order valence-corrected chi connectivity index (χ2v) is 4.32. The quantitative estimate of drug-likeness (QED) is 0.846. The van der Waals surface area contributed by atoms with E-state index in [0.29, 0.717) is 0 Å². The predicted octanol–water partition coefficient (Wildman–Crippen LogP) is 1.27. The zero-order valence-electron chi connectivity index (χ0n) is 10.4. The Morgan fingerprint density at radius 1 is 1.29 bits per heavy atom. The lowest BCUT2D eigenvalue weighted by Gasteiger charge is -2.03. The van der Waals surface area contributed by atoms with Gasteiger partial charge in [-0.15, -0.1) is 0 Å². The van der Waals surface area contributed by atoms with Crippen LogP contribution < -0.4 is 5.73 Å². The maximum atomic E-state index is 5.95. The monoisotopic (exact) mass is 233 g/mol. The molecule has 2 aromatic rings. The SMILES string of the molecule is CCC(N)c1cnn(CCc2cnn(C)c2)c1. The summed E-state index contributed by atoms with van der Waals surface area (Å²) < 4.78 is 3.76. The first-order chi connectivity index (χ1) is 8.19. The highest BCUT2D eigenvalue weighted by Crippen LogP contribution is 2.12. The molecule has 2 rings (SSSR count). The molecule has 0 saturated heterocycles. The van der Waals surface area contributed by atoms with Crippen molar-refractivity contribution in [3.05, 3.63) is 35.9 Å². The first kappa shape index (κ1) is 11.9. The van der Waals surface area contributed by atoms with Crippen molar-refractivity contribution in [3.63, 3.8) is 0 Å². The Balaban J connectivity index is 1.93. The Bertz CT molecular complexity index is 471. The van der Waals surface area contributed by atoms with Crippen LogP contribution in [0.4, 0.5) is 0 Å². The minimum atomic E-state index is 0.0992. The van der Waals surface area contributed by atoms with Crippen LogP contribution in [0.5, 0.6) is 0 Å². The fraction of sp³-hybridized carbons (Fsp3) is 0.500. The van der Waals surface area contributed by atoms with Crippen molar-refractivity contribution >= 4 is 0 Å². The normalized spacial score (nSPS) is 12.9. The van der Waals surface area contributed by atoms with Crippen LogP contribution in [0.1, 0.15) is 30.5 Å². The van der Waals surface area contributed by atoms with Crippen LogP contribution >= 0.6 is 0 Å². The summed E-state index contributed by atoms with van der Waals surface area (Å²) >= 11 is 0. The summed E-state index contributed by atoms with van der Waals surface area (Å²) in [5.41, 5.74) is 8.29. The summed E-state index contributed by atoms with van der Waals surface area (Å²) in [6.45, 7) is 2.94. The molecule has 92 valence electrons. The molecule has 0 aliphatic heterocycles. The highest BCUT2D eigenvalue weighted by atomic mass is 15.3. The largest absolute Gasteiger partial charge is 0.324 e. The van der Waals surface area contributed by atoms with E-state index < -0.39 is 0 Å². The third kappa shape index (κ3) is 2.94. The average molecular weight is 233 g/mol. The molecule has 0 fully saturated rings. The molecule has 0 aliphatic carbocycles.